The fourth-order valence-corrected chi connectivity index (χ4v) is 0.674. The molecule has 0 aliphatic carbocycles. The van der Waals surface area contributed by atoms with E-state index in [0.29, 0.717) is 5.75 Å². The first-order chi connectivity index (χ1) is 4.83. The fraction of sp³-hybridized carbons (Fsp3) is 0.111. The summed E-state index contributed by atoms with van der Waals surface area (Å²) in [6, 6.07) is 7.59. The average molecular weight is 132 g/mol. The molecule has 0 unspecified atom stereocenters. The van der Waals surface area contributed by atoms with Gasteiger partial charge in [0.15, 0.2) is 0 Å². The van der Waals surface area contributed by atoms with Crippen molar-refractivity contribution in [2.75, 3.05) is 0 Å². The second-order valence-electron chi connectivity index (χ2n) is 2.03. The van der Waals surface area contributed by atoms with Crippen molar-refractivity contribution in [2.45, 2.75) is 6.92 Å². The van der Waals surface area contributed by atoms with Crippen LogP contribution >= 0.6 is 0 Å². The van der Waals surface area contributed by atoms with E-state index in [9.17, 15) is 0 Å². The minimum Gasteiger partial charge on any atom is -0.408 e. The van der Waals surface area contributed by atoms with Gasteiger partial charge in [0.1, 0.15) is 11.9 Å². The van der Waals surface area contributed by atoms with Gasteiger partial charge in [-0.1, -0.05) is 24.1 Å². The Morgan fingerprint density at radius 3 is 2.40 bits per heavy atom. The lowest BCUT2D eigenvalue weighted by atomic mass is 10.2. The molecule has 0 aliphatic heterocycles. The first kappa shape index (κ1) is 6.70. The Kier molecular flexibility index (Phi) is 1.96. The van der Waals surface area contributed by atoms with Crippen LogP contribution in [-0.4, -0.2) is 0 Å². The Morgan fingerprint density at radius 2 is 1.90 bits per heavy atom. The number of terminal acetylenes is 1. The molecule has 0 spiro atoms. The van der Waals surface area contributed by atoms with Gasteiger partial charge in [-0.05, 0) is 19.1 Å². The molecule has 0 bridgehead atoms. The summed E-state index contributed by atoms with van der Waals surface area (Å²) < 4.78 is 4.79. The molecule has 0 atom stereocenters. The third-order valence-corrected chi connectivity index (χ3v) is 1.20. The van der Waals surface area contributed by atoms with Crippen molar-refractivity contribution in [1.82, 2.24) is 0 Å². The molecular formula is C9H8O. The Bertz CT molecular complexity index is 240. The van der Waals surface area contributed by atoms with Gasteiger partial charge in [0.05, 0.1) is 0 Å². The zero-order chi connectivity index (χ0) is 7.40. The molecular weight excluding hydrogens is 124 g/mol. The van der Waals surface area contributed by atoms with Gasteiger partial charge in [0, 0.05) is 0 Å². The van der Waals surface area contributed by atoms with Crippen LogP contribution in [-0.2, 0) is 0 Å². The minimum atomic E-state index is 0.716. The van der Waals surface area contributed by atoms with E-state index in [1.54, 1.807) is 0 Å². The molecule has 0 heterocycles. The predicted octanol–water partition coefficient (Wildman–Crippen LogP) is 1.96. The van der Waals surface area contributed by atoms with E-state index in [4.69, 9.17) is 11.2 Å². The lowest BCUT2D eigenvalue weighted by molar-refractivity contribution is 0.520. The van der Waals surface area contributed by atoms with Gasteiger partial charge in [-0.2, -0.15) is 0 Å². The number of benzene rings is 1. The molecule has 0 aliphatic rings. The van der Waals surface area contributed by atoms with Gasteiger partial charge in [-0.25, -0.2) is 0 Å². The molecule has 0 N–H and O–H groups in total. The molecule has 1 aromatic rings. The zero-order valence-corrected chi connectivity index (χ0v) is 5.79. The van der Waals surface area contributed by atoms with E-state index in [2.05, 4.69) is 6.11 Å². The highest BCUT2D eigenvalue weighted by Gasteiger charge is 1.87. The Morgan fingerprint density at radius 1 is 1.30 bits per heavy atom. The maximum atomic E-state index is 4.93. The molecule has 1 nitrogen and oxygen atoms in total. The number of hydrogen-bond donors (Lipinski definition) is 0. The highest BCUT2D eigenvalue weighted by molar-refractivity contribution is 5.27. The molecule has 1 aromatic carbocycles. The van der Waals surface area contributed by atoms with E-state index in [1.165, 1.54) is 5.56 Å². The fourth-order valence-electron chi connectivity index (χ4n) is 0.674. The maximum Gasteiger partial charge on any atom is 0.140 e. The third kappa shape index (κ3) is 1.53. The molecule has 50 valence electrons. The molecule has 0 fully saturated rings. The summed E-state index contributed by atoms with van der Waals surface area (Å²) in [4.78, 5) is 0. The largest absolute Gasteiger partial charge is 0.408 e. The number of hydrogen-bond acceptors (Lipinski definition) is 1. The van der Waals surface area contributed by atoms with Crippen molar-refractivity contribution >= 4 is 0 Å². The summed E-state index contributed by atoms with van der Waals surface area (Å²) in [5.74, 6) is 0.716. The first-order valence-electron chi connectivity index (χ1n) is 3.02. The highest BCUT2D eigenvalue weighted by atomic mass is 16.5. The summed E-state index contributed by atoms with van der Waals surface area (Å²) in [6.45, 7) is 2.01. The predicted molar refractivity (Wildman–Crippen MR) is 40.6 cm³/mol. The van der Waals surface area contributed by atoms with Crippen molar-refractivity contribution in [3.05, 3.63) is 29.8 Å². The van der Waals surface area contributed by atoms with Crippen molar-refractivity contribution in [1.29, 1.82) is 0 Å². The standard InChI is InChI=1S/C9H8O/c1-3-10-9-6-4-8(2)5-7-9/h1,4-7H,2H3. The first-order valence-corrected chi connectivity index (χ1v) is 3.02. The monoisotopic (exact) mass is 132 g/mol. The third-order valence-electron chi connectivity index (χ3n) is 1.20. The SMILES string of the molecule is C#COc1ccc(C)cc1. The molecule has 10 heavy (non-hydrogen) atoms. The Balaban J connectivity index is 2.81. The van der Waals surface area contributed by atoms with Gasteiger partial charge < -0.3 is 4.74 Å². The second kappa shape index (κ2) is 2.93. The maximum absolute atomic E-state index is 4.93. The summed E-state index contributed by atoms with van der Waals surface area (Å²) in [6.07, 6.45) is 7.03. The topological polar surface area (TPSA) is 9.23 Å². The van der Waals surface area contributed by atoms with Crippen LogP contribution in [0.1, 0.15) is 5.56 Å². The van der Waals surface area contributed by atoms with Gasteiger partial charge in [0.25, 0.3) is 0 Å². The molecule has 0 radical (unpaired) electrons. The summed E-state index contributed by atoms with van der Waals surface area (Å²) in [5.41, 5.74) is 1.20. The van der Waals surface area contributed by atoms with Gasteiger partial charge in [0.2, 0.25) is 0 Å². The Hall–Kier alpha value is -1.42. The van der Waals surface area contributed by atoms with Gasteiger partial charge in [-0.15, -0.1) is 0 Å². The van der Waals surface area contributed by atoms with E-state index < -0.39 is 0 Å². The summed E-state index contributed by atoms with van der Waals surface area (Å²) in [7, 11) is 0. The normalized spacial score (nSPS) is 8.40. The number of aryl methyl sites for hydroxylation is 1. The van der Waals surface area contributed by atoms with Crippen LogP contribution < -0.4 is 4.74 Å². The van der Waals surface area contributed by atoms with Crippen LogP contribution in [0.2, 0.25) is 0 Å². The van der Waals surface area contributed by atoms with Gasteiger partial charge in [-0.3, -0.25) is 0 Å². The summed E-state index contributed by atoms with van der Waals surface area (Å²) >= 11 is 0. The van der Waals surface area contributed by atoms with Crippen LogP contribution in [0.15, 0.2) is 24.3 Å². The quantitative estimate of drug-likeness (QED) is 0.531. The van der Waals surface area contributed by atoms with Crippen LogP contribution in [0.25, 0.3) is 0 Å². The summed E-state index contributed by atoms with van der Waals surface area (Å²) in [5, 5.41) is 0. The smallest absolute Gasteiger partial charge is 0.140 e. The van der Waals surface area contributed by atoms with E-state index in [0.717, 1.165) is 0 Å². The Labute approximate surface area is 60.6 Å². The molecule has 1 heteroatoms. The lowest BCUT2D eigenvalue weighted by Gasteiger charge is -1.95. The highest BCUT2D eigenvalue weighted by Crippen LogP contribution is 2.10. The van der Waals surface area contributed by atoms with E-state index in [1.807, 2.05) is 31.2 Å². The van der Waals surface area contributed by atoms with E-state index >= 15 is 0 Å². The zero-order valence-electron chi connectivity index (χ0n) is 5.79. The lowest BCUT2D eigenvalue weighted by Crippen LogP contribution is -1.80. The van der Waals surface area contributed by atoms with Crippen molar-refractivity contribution in [3.63, 3.8) is 0 Å². The molecule has 0 aromatic heterocycles. The molecule has 0 amide bonds. The minimum absolute atomic E-state index is 0.716. The van der Waals surface area contributed by atoms with Crippen molar-refractivity contribution in [3.8, 4) is 18.3 Å². The van der Waals surface area contributed by atoms with Crippen molar-refractivity contribution in [2.24, 2.45) is 0 Å². The molecule has 0 saturated heterocycles. The molecule has 1 rings (SSSR count). The van der Waals surface area contributed by atoms with Crippen LogP contribution in [0.5, 0.6) is 5.75 Å². The average Bonchev–Trinajstić information content (AvgIpc) is 1.95. The molecule has 0 saturated carbocycles. The van der Waals surface area contributed by atoms with Crippen molar-refractivity contribution < 1.29 is 4.74 Å². The number of rotatable bonds is 1. The second-order valence-corrected chi connectivity index (χ2v) is 2.03. The van der Waals surface area contributed by atoms with Crippen LogP contribution in [0.4, 0.5) is 0 Å². The number of ether oxygens (including phenoxy) is 1. The van der Waals surface area contributed by atoms with Crippen LogP contribution in [0.3, 0.4) is 0 Å². The van der Waals surface area contributed by atoms with Gasteiger partial charge >= 0.3 is 0 Å². The van der Waals surface area contributed by atoms with Crippen LogP contribution in [0, 0.1) is 19.5 Å². The van der Waals surface area contributed by atoms with E-state index in [-0.39, 0.29) is 0 Å².